The zero-order valence-corrected chi connectivity index (χ0v) is 13.8. The summed E-state index contributed by atoms with van der Waals surface area (Å²) in [5.74, 6) is -0.989. The van der Waals surface area contributed by atoms with Gasteiger partial charge in [-0.2, -0.15) is 5.10 Å². The van der Waals surface area contributed by atoms with Crippen LogP contribution in [0.2, 0.25) is 0 Å². The Balaban J connectivity index is 1.95. The van der Waals surface area contributed by atoms with Gasteiger partial charge in [0, 0.05) is 18.4 Å². The summed E-state index contributed by atoms with van der Waals surface area (Å²) >= 11 is 0. The molecule has 5 nitrogen and oxygen atoms in total. The zero-order valence-electron chi connectivity index (χ0n) is 13.8. The van der Waals surface area contributed by atoms with E-state index in [4.69, 9.17) is 0 Å². The van der Waals surface area contributed by atoms with E-state index in [9.17, 15) is 14.0 Å². The average molecular weight is 339 g/mol. The summed E-state index contributed by atoms with van der Waals surface area (Å²) in [7, 11) is 0. The van der Waals surface area contributed by atoms with Crippen LogP contribution in [0.1, 0.15) is 35.0 Å². The first-order valence-electron chi connectivity index (χ1n) is 8.13. The fourth-order valence-electron chi connectivity index (χ4n) is 2.69. The summed E-state index contributed by atoms with van der Waals surface area (Å²) in [6.45, 7) is 2.43. The summed E-state index contributed by atoms with van der Waals surface area (Å²) in [4.78, 5) is 23.9. The third-order valence-corrected chi connectivity index (χ3v) is 3.96. The number of halogens is 1. The Morgan fingerprint density at radius 3 is 2.72 bits per heavy atom. The van der Waals surface area contributed by atoms with Crippen LogP contribution in [0.5, 0.6) is 0 Å². The van der Waals surface area contributed by atoms with Crippen LogP contribution in [0.3, 0.4) is 0 Å². The second-order valence-corrected chi connectivity index (χ2v) is 5.79. The molecule has 3 rings (SSSR count). The van der Waals surface area contributed by atoms with Gasteiger partial charge in [-0.3, -0.25) is 9.59 Å². The van der Waals surface area contributed by atoms with E-state index in [1.165, 1.54) is 12.1 Å². The second kappa shape index (κ2) is 7.25. The highest BCUT2D eigenvalue weighted by Gasteiger charge is 2.13. The third kappa shape index (κ3) is 3.57. The van der Waals surface area contributed by atoms with Crippen LogP contribution in [0.15, 0.2) is 47.3 Å². The second-order valence-electron chi connectivity index (χ2n) is 5.79. The van der Waals surface area contributed by atoms with Gasteiger partial charge in [0.05, 0.1) is 16.6 Å². The lowest BCUT2D eigenvalue weighted by Gasteiger charge is -2.09. The predicted octanol–water partition coefficient (Wildman–Crippen LogP) is 2.79. The number of benzene rings is 2. The molecule has 0 aliphatic heterocycles. The van der Waals surface area contributed by atoms with E-state index < -0.39 is 11.7 Å². The lowest BCUT2D eigenvalue weighted by atomic mass is 10.0. The first-order chi connectivity index (χ1) is 12.1. The Hall–Kier alpha value is -3.02. The Morgan fingerprint density at radius 2 is 1.96 bits per heavy atom. The van der Waals surface area contributed by atoms with Gasteiger partial charge in [-0.25, -0.2) is 9.49 Å². The van der Waals surface area contributed by atoms with E-state index in [-0.39, 0.29) is 11.1 Å². The molecule has 128 valence electrons. The van der Waals surface area contributed by atoms with Gasteiger partial charge in [-0.05, 0) is 30.2 Å². The molecule has 0 bridgehead atoms. The number of fused-ring (bicyclic) bond motifs is 1. The number of nitrogens with zero attached hydrogens (tertiary/aromatic N) is 1. The number of nitrogens with one attached hydrogen (secondary N) is 2. The van der Waals surface area contributed by atoms with Crippen molar-refractivity contribution in [2.24, 2.45) is 0 Å². The van der Waals surface area contributed by atoms with Crippen molar-refractivity contribution in [3.63, 3.8) is 0 Å². The number of aromatic amines is 1. The quantitative estimate of drug-likeness (QED) is 0.750. The molecule has 0 radical (unpaired) electrons. The van der Waals surface area contributed by atoms with Gasteiger partial charge in [-0.15, -0.1) is 0 Å². The molecule has 6 heteroatoms. The van der Waals surface area contributed by atoms with Crippen LogP contribution in [-0.2, 0) is 6.42 Å². The topological polar surface area (TPSA) is 74.8 Å². The summed E-state index contributed by atoms with van der Waals surface area (Å²) in [5.41, 5.74) is 1.17. The number of amides is 1. The van der Waals surface area contributed by atoms with Gasteiger partial charge in [0.25, 0.3) is 11.5 Å². The van der Waals surface area contributed by atoms with Gasteiger partial charge in [0.2, 0.25) is 0 Å². The molecule has 0 fully saturated rings. The first-order valence-corrected chi connectivity index (χ1v) is 8.13. The van der Waals surface area contributed by atoms with E-state index >= 15 is 0 Å². The van der Waals surface area contributed by atoms with Gasteiger partial charge in [0.1, 0.15) is 5.82 Å². The molecule has 1 aromatic heterocycles. The van der Waals surface area contributed by atoms with Crippen molar-refractivity contribution in [1.29, 1.82) is 0 Å². The SMILES string of the molecule is CCCNC(=O)c1cc(Cc2n[nH]c(=O)c3ccccc23)ccc1F. The number of hydrogen-bond donors (Lipinski definition) is 2. The number of carbonyl (C=O) groups excluding carboxylic acids is 1. The molecule has 0 spiro atoms. The Bertz CT molecular complexity index is 982. The zero-order chi connectivity index (χ0) is 17.8. The van der Waals surface area contributed by atoms with Crippen LogP contribution in [0.4, 0.5) is 4.39 Å². The molecule has 1 amide bonds. The molecule has 3 aromatic rings. The van der Waals surface area contributed by atoms with E-state index in [1.807, 2.05) is 19.1 Å². The third-order valence-electron chi connectivity index (χ3n) is 3.96. The molecular formula is C19H18FN3O2. The highest BCUT2D eigenvalue weighted by molar-refractivity contribution is 5.94. The minimum Gasteiger partial charge on any atom is -0.352 e. The van der Waals surface area contributed by atoms with E-state index in [0.717, 1.165) is 17.4 Å². The Labute approximate surface area is 143 Å². The lowest BCUT2D eigenvalue weighted by Crippen LogP contribution is -2.25. The Morgan fingerprint density at radius 1 is 1.20 bits per heavy atom. The number of rotatable bonds is 5. The number of H-pyrrole nitrogens is 1. The number of carbonyl (C=O) groups is 1. The van der Waals surface area contributed by atoms with Crippen molar-refractivity contribution in [3.05, 3.63) is 75.5 Å². The molecule has 0 aliphatic carbocycles. The summed E-state index contributed by atoms with van der Waals surface area (Å²) < 4.78 is 14.0. The van der Waals surface area contributed by atoms with E-state index in [0.29, 0.717) is 24.0 Å². The fraction of sp³-hybridized carbons (Fsp3) is 0.211. The van der Waals surface area contributed by atoms with Crippen LogP contribution < -0.4 is 10.9 Å². The lowest BCUT2D eigenvalue weighted by molar-refractivity contribution is 0.0949. The average Bonchev–Trinajstić information content (AvgIpc) is 2.63. The standard InChI is InChI=1S/C19H18FN3O2/c1-2-9-21-18(24)15-10-12(7-8-16(15)20)11-17-13-5-3-4-6-14(13)19(25)23-22-17/h3-8,10H,2,9,11H2,1H3,(H,21,24)(H,23,25). The maximum atomic E-state index is 14.0. The van der Waals surface area contributed by atoms with Crippen molar-refractivity contribution in [2.75, 3.05) is 6.54 Å². The van der Waals surface area contributed by atoms with Crippen LogP contribution in [0, 0.1) is 5.82 Å². The van der Waals surface area contributed by atoms with Crippen molar-refractivity contribution in [3.8, 4) is 0 Å². The number of hydrogen-bond acceptors (Lipinski definition) is 3. The highest BCUT2D eigenvalue weighted by atomic mass is 19.1. The highest BCUT2D eigenvalue weighted by Crippen LogP contribution is 2.18. The molecule has 0 aliphatic rings. The van der Waals surface area contributed by atoms with E-state index in [1.54, 1.807) is 18.2 Å². The van der Waals surface area contributed by atoms with Gasteiger partial charge < -0.3 is 5.32 Å². The van der Waals surface area contributed by atoms with Crippen LogP contribution in [-0.4, -0.2) is 22.6 Å². The summed E-state index contributed by atoms with van der Waals surface area (Å²) in [5, 5.41) is 10.6. The molecule has 2 aromatic carbocycles. The monoisotopic (exact) mass is 339 g/mol. The van der Waals surface area contributed by atoms with Crippen molar-refractivity contribution in [1.82, 2.24) is 15.5 Å². The molecule has 2 N–H and O–H groups in total. The fourth-order valence-corrected chi connectivity index (χ4v) is 2.69. The van der Waals surface area contributed by atoms with Crippen molar-refractivity contribution >= 4 is 16.7 Å². The summed E-state index contributed by atoms with van der Waals surface area (Å²) in [6.07, 6.45) is 1.16. The molecule has 0 unspecified atom stereocenters. The van der Waals surface area contributed by atoms with E-state index in [2.05, 4.69) is 15.5 Å². The normalized spacial score (nSPS) is 10.8. The van der Waals surface area contributed by atoms with Crippen LogP contribution in [0.25, 0.3) is 10.8 Å². The van der Waals surface area contributed by atoms with Crippen molar-refractivity contribution in [2.45, 2.75) is 19.8 Å². The predicted molar refractivity (Wildman–Crippen MR) is 94.2 cm³/mol. The largest absolute Gasteiger partial charge is 0.352 e. The molecule has 25 heavy (non-hydrogen) atoms. The maximum Gasteiger partial charge on any atom is 0.272 e. The molecule has 0 atom stereocenters. The van der Waals surface area contributed by atoms with Crippen molar-refractivity contribution < 1.29 is 9.18 Å². The maximum absolute atomic E-state index is 14.0. The minimum absolute atomic E-state index is 0.0136. The first kappa shape index (κ1) is 16.8. The smallest absolute Gasteiger partial charge is 0.272 e. The molecular weight excluding hydrogens is 321 g/mol. The molecule has 0 saturated heterocycles. The van der Waals surface area contributed by atoms with Gasteiger partial charge in [-0.1, -0.05) is 31.2 Å². The number of aromatic nitrogens is 2. The van der Waals surface area contributed by atoms with Crippen LogP contribution >= 0.6 is 0 Å². The molecule has 1 heterocycles. The van der Waals surface area contributed by atoms with Gasteiger partial charge >= 0.3 is 0 Å². The van der Waals surface area contributed by atoms with Gasteiger partial charge in [0.15, 0.2) is 0 Å². The summed E-state index contributed by atoms with van der Waals surface area (Å²) in [6, 6.07) is 11.6. The minimum atomic E-state index is -0.559. The molecule has 0 saturated carbocycles. The Kier molecular flexibility index (Phi) is 4.88.